The van der Waals surface area contributed by atoms with Crippen LogP contribution in [-0.4, -0.2) is 25.1 Å². The number of carboxylic acid groups (broad SMARTS) is 1. The van der Waals surface area contributed by atoms with Crippen LogP contribution in [0.1, 0.15) is 12.8 Å². The zero-order valence-corrected chi connectivity index (χ0v) is 9.53. The zero-order chi connectivity index (χ0) is 13.9. The van der Waals surface area contributed by atoms with Crippen LogP contribution in [0.5, 0.6) is 0 Å². The van der Waals surface area contributed by atoms with Gasteiger partial charge < -0.3 is 5.11 Å². The molecule has 98 valence electrons. The van der Waals surface area contributed by atoms with E-state index in [4.69, 9.17) is 5.11 Å². The summed E-state index contributed by atoms with van der Waals surface area (Å²) in [6.45, 7) is -0.167. The van der Waals surface area contributed by atoms with Crippen molar-refractivity contribution in [2.45, 2.75) is 19.4 Å². The van der Waals surface area contributed by atoms with Crippen LogP contribution in [0, 0.1) is 10.1 Å². The van der Waals surface area contributed by atoms with Gasteiger partial charge in [0.2, 0.25) is 0 Å². The largest absolute Gasteiger partial charge is 0.481 e. The molecule has 0 saturated carbocycles. The number of nitrogens with zero attached hydrogens (tertiary/aromatic N) is 3. The third kappa shape index (κ3) is 2.81. The molecule has 0 fully saturated rings. The van der Waals surface area contributed by atoms with Crippen molar-refractivity contribution in [1.29, 1.82) is 0 Å². The van der Waals surface area contributed by atoms with Crippen molar-refractivity contribution in [2.75, 3.05) is 0 Å². The van der Waals surface area contributed by atoms with E-state index in [1.165, 1.54) is 7.05 Å². The van der Waals surface area contributed by atoms with Crippen molar-refractivity contribution in [3.63, 3.8) is 0 Å². The quantitative estimate of drug-likeness (QED) is 0.550. The molecule has 0 atom stereocenters. The molecule has 9 heteroatoms. The Labute approximate surface area is 100 Å². The number of rotatable bonds is 5. The number of carbonyl (C=O) groups is 1. The monoisotopic (exact) mass is 257 g/mol. The van der Waals surface area contributed by atoms with Gasteiger partial charge in [0.05, 0.1) is 11.1 Å². The Bertz CT molecular complexity index is 599. The molecule has 0 saturated heterocycles. The van der Waals surface area contributed by atoms with Gasteiger partial charge in [0.1, 0.15) is 0 Å². The molecule has 18 heavy (non-hydrogen) atoms. The fourth-order valence-corrected chi connectivity index (χ4v) is 1.42. The highest BCUT2D eigenvalue weighted by Crippen LogP contribution is 2.00. The molecule has 0 aliphatic carbocycles. The maximum absolute atomic E-state index is 11.6. The first-order valence-corrected chi connectivity index (χ1v) is 5.01. The number of hydrogen-bond acceptors (Lipinski definition) is 5. The summed E-state index contributed by atoms with van der Waals surface area (Å²) in [6, 6.07) is 0. The van der Waals surface area contributed by atoms with E-state index >= 15 is 0 Å². The normalized spacial score (nSPS) is 10.3. The number of hydrogen-bond donors (Lipinski definition) is 1. The summed E-state index contributed by atoms with van der Waals surface area (Å²) < 4.78 is 1.58. The van der Waals surface area contributed by atoms with Crippen molar-refractivity contribution >= 4 is 11.7 Å². The van der Waals surface area contributed by atoms with Crippen LogP contribution in [0.15, 0.2) is 15.8 Å². The van der Waals surface area contributed by atoms with Gasteiger partial charge in [0, 0.05) is 20.0 Å². The first kappa shape index (κ1) is 13.6. The molecule has 1 aromatic heterocycles. The molecule has 0 radical (unpaired) electrons. The van der Waals surface area contributed by atoms with Crippen molar-refractivity contribution in [3.05, 3.63) is 37.1 Å². The molecule has 0 spiro atoms. The molecule has 1 aromatic rings. The standard InChI is InChI=1S/C9H11N3O6/c1-10-5-6(12(17)18)8(15)11(9(10)16)4-2-3-7(13)14/h5H,2-4H2,1H3,(H,13,14). The van der Waals surface area contributed by atoms with Gasteiger partial charge in [-0.05, 0) is 6.42 Å². The third-order valence-electron chi connectivity index (χ3n) is 2.28. The smallest absolute Gasteiger partial charge is 0.350 e. The molecule has 1 heterocycles. The predicted molar refractivity (Wildman–Crippen MR) is 59.5 cm³/mol. The SMILES string of the molecule is Cn1cc([N+](=O)[O-])c(=O)n(CCCC(=O)O)c1=O. The Morgan fingerprint density at radius 1 is 1.50 bits per heavy atom. The van der Waals surface area contributed by atoms with E-state index in [1.54, 1.807) is 0 Å². The summed E-state index contributed by atoms with van der Waals surface area (Å²) in [5.41, 5.74) is -2.45. The highest BCUT2D eigenvalue weighted by molar-refractivity contribution is 5.66. The first-order chi connectivity index (χ1) is 8.34. The van der Waals surface area contributed by atoms with Crippen molar-refractivity contribution in [2.24, 2.45) is 7.05 Å². The Morgan fingerprint density at radius 3 is 2.61 bits per heavy atom. The van der Waals surface area contributed by atoms with Crippen molar-refractivity contribution in [1.82, 2.24) is 9.13 Å². The lowest BCUT2D eigenvalue weighted by Crippen LogP contribution is -2.39. The van der Waals surface area contributed by atoms with Gasteiger partial charge in [-0.3, -0.25) is 28.8 Å². The Morgan fingerprint density at radius 2 is 2.11 bits per heavy atom. The minimum absolute atomic E-state index is 0.0473. The fraction of sp³-hybridized carbons (Fsp3) is 0.444. The van der Waals surface area contributed by atoms with Gasteiger partial charge in [-0.1, -0.05) is 0 Å². The number of carboxylic acids is 1. The van der Waals surface area contributed by atoms with Crippen LogP contribution < -0.4 is 11.2 Å². The molecular weight excluding hydrogens is 246 g/mol. The molecule has 0 aliphatic heterocycles. The molecule has 0 amide bonds. The van der Waals surface area contributed by atoms with E-state index in [9.17, 15) is 24.5 Å². The average Bonchev–Trinajstić information content (AvgIpc) is 2.27. The molecule has 1 N–H and O–H groups in total. The van der Waals surface area contributed by atoms with E-state index in [1.807, 2.05) is 0 Å². The predicted octanol–water partition coefficient (Wildman–Crippen LogP) is -0.680. The molecule has 9 nitrogen and oxygen atoms in total. The highest BCUT2D eigenvalue weighted by atomic mass is 16.6. The minimum Gasteiger partial charge on any atom is -0.481 e. The summed E-state index contributed by atoms with van der Waals surface area (Å²) >= 11 is 0. The lowest BCUT2D eigenvalue weighted by molar-refractivity contribution is -0.387. The topological polar surface area (TPSA) is 124 Å². The van der Waals surface area contributed by atoms with E-state index in [0.29, 0.717) is 4.57 Å². The molecule has 0 unspecified atom stereocenters. The Hall–Kier alpha value is -2.45. The number of aryl methyl sites for hydroxylation is 1. The van der Waals surface area contributed by atoms with Gasteiger partial charge >= 0.3 is 22.9 Å². The Balaban J connectivity index is 3.18. The molecular formula is C9H11N3O6. The number of aromatic nitrogens is 2. The summed E-state index contributed by atoms with van der Waals surface area (Å²) in [5.74, 6) is -1.06. The first-order valence-electron chi connectivity index (χ1n) is 5.01. The number of aliphatic carboxylic acids is 1. The average molecular weight is 257 g/mol. The van der Waals surface area contributed by atoms with Gasteiger partial charge in [-0.15, -0.1) is 0 Å². The van der Waals surface area contributed by atoms with Crippen molar-refractivity contribution < 1.29 is 14.8 Å². The third-order valence-corrected chi connectivity index (χ3v) is 2.28. The second-order valence-corrected chi connectivity index (χ2v) is 3.62. The number of nitro groups is 1. The van der Waals surface area contributed by atoms with Crippen LogP contribution >= 0.6 is 0 Å². The lowest BCUT2D eigenvalue weighted by atomic mass is 10.3. The van der Waals surface area contributed by atoms with E-state index in [0.717, 1.165) is 10.8 Å². The van der Waals surface area contributed by atoms with Crippen LogP contribution in [0.25, 0.3) is 0 Å². The van der Waals surface area contributed by atoms with Gasteiger partial charge in [-0.25, -0.2) is 4.79 Å². The van der Waals surface area contributed by atoms with E-state index in [2.05, 4.69) is 0 Å². The summed E-state index contributed by atoms with van der Waals surface area (Å²) in [6.07, 6.45) is 0.669. The van der Waals surface area contributed by atoms with Crippen LogP contribution in [0.2, 0.25) is 0 Å². The maximum atomic E-state index is 11.6. The van der Waals surface area contributed by atoms with Gasteiger partial charge in [-0.2, -0.15) is 0 Å². The summed E-state index contributed by atoms with van der Waals surface area (Å²) in [4.78, 5) is 43.3. The molecule has 0 aliphatic rings. The van der Waals surface area contributed by atoms with E-state index < -0.39 is 27.8 Å². The van der Waals surface area contributed by atoms with E-state index in [-0.39, 0.29) is 19.4 Å². The van der Waals surface area contributed by atoms with Crippen molar-refractivity contribution in [3.8, 4) is 0 Å². The van der Waals surface area contributed by atoms with Gasteiger partial charge in [0.25, 0.3) is 0 Å². The second kappa shape index (κ2) is 5.25. The van der Waals surface area contributed by atoms with Crippen LogP contribution in [-0.2, 0) is 18.4 Å². The lowest BCUT2D eigenvalue weighted by Gasteiger charge is -2.05. The maximum Gasteiger partial charge on any atom is 0.350 e. The zero-order valence-electron chi connectivity index (χ0n) is 9.53. The van der Waals surface area contributed by atoms with Gasteiger partial charge in [0.15, 0.2) is 0 Å². The summed E-state index contributed by atoms with van der Waals surface area (Å²) in [5, 5.41) is 19.1. The highest BCUT2D eigenvalue weighted by Gasteiger charge is 2.18. The summed E-state index contributed by atoms with van der Waals surface area (Å²) in [7, 11) is 1.28. The fourth-order valence-electron chi connectivity index (χ4n) is 1.42. The van der Waals surface area contributed by atoms with Crippen LogP contribution in [0.4, 0.5) is 5.69 Å². The second-order valence-electron chi connectivity index (χ2n) is 3.62. The minimum atomic E-state index is -1.06. The molecule has 1 rings (SSSR count). The Kier molecular flexibility index (Phi) is 3.97. The van der Waals surface area contributed by atoms with Crippen LogP contribution in [0.3, 0.4) is 0 Å². The molecule has 0 aromatic carbocycles. The molecule has 0 bridgehead atoms.